The minimum Gasteiger partial charge on any atom is -0.383 e. The molecule has 3 nitrogen and oxygen atoms in total. The molecule has 0 aliphatic carbocycles. The molecule has 0 saturated heterocycles. The summed E-state index contributed by atoms with van der Waals surface area (Å²) in [4.78, 5) is 2.52. The number of rotatable bonds is 10. The van der Waals surface area contributed by atoms with E-state index in [4.69, 9.17) is 4.74 Å². The van der Waals surface area contributed by atoms with Crippen molar-refractivity contribution in [1.82, 2.24) is 10.2 Å². The van der Waals surface area contributed by atoms with E-state index in [0.717, 1.165) is 32.7 Å². The molecule has 1 N–H and O–H groups in total. The molecule has 110 valence electrons. The lowest BCUT2D eigenvalue weighted by atomic mass is 10.0. The highest BCUT2D eigenvalue weighted by Crippen LogP contribution is 2.09. The monoisotopic (exact) mass is 258 g/mol. The van der Waals surface area contributed by atoms with Crippen molar-refractivity contribution in [3.8, 4) is 0 Å². The average Bonchev–Trinajstić information content (AvgIpc) is 2.31. The highest BCUT2D eigenvalue weighted by atomic mass is 16.5. The van der Waals surface area contributed by atoms with Crippen molar-refractivity contribution in [3.63, 3.8) is 0 Å². The maximum Gasteiger partial charge on any atom is 0.0589 e. The lowest BCUT2D eigenvalue weighted by Gasteiger charge is -2.34. The van der Waals surface area contributed by atoms with Crippen LogP contribution in [-0.2, 0) is 4.74 Å². The number of nitrogens with one attached hydrogen (secondary N) is 1. The number of hydrogen-bond donors (Lipinski definition) is 1. The fourth-order valence-electron chi connectivity index (χ4n) is 1.85. The molecule has 18 heavy (non-hydrogen) atoms. The first-order valence-corrected chi connectivity index (χ1v) is 7.30. The number of hydrogen-bond acceptors (Lipinski definition) is 3. The van der Waals surface area contributed by atoms with E-state index >= 15 is 0 Å². The Balaban J connectivity index is 4.23. The molecule has 0 spiro atoms. The van der Waals surface area contributed by atoms with Crippen molar-refractivity contribution in [2.45, 2.75) is 59.5 Å². The molecule has 1 atom stereocenters. The van der Waals surface area contributed by atoms with E-state index in [9.17, 15) is 0 Å². The van der Waals surface area contributed by atoms with Gasteiger partial charge in [-0.1, -0.05) is 20.8 Å². The van der Waals surface area contributed by atoms with Gasteiger partial charge in [-0.15, -0.1) is 0 Å². The maximum atomic E-state index is 5.21. The average molecular weight is 258 g/mol. The van der Waals surface area contributed by atoms with Gasteiger partial charge in [0.1, 0.15) is 0 Å². The molecule has 1 unspecified atom stereocenters. The molecule has 0 aromatic heterocycles. The summed E-state index contributed by atoms with van der Waals surface area (Å²) in [5.74, 6) is 0.698. The Kier molecular flexibility index (Phi) is 8.83. The molecule has 0 radical (unpaired) electrons. The van der Waals surface area contributed by atoms with Gasteiger partial charge in [0.2, 0.25) is 0 Å². The van der Waals surface area contributed by atoms with Crippen molar-refractivity contribution in [2.24, 2.45) is 5.92 Å². The van der Waals surface area contributed by atoms with Crippen LogP contribution in [0.2, 0.25) is 0 Å². The summed E-state index contributed by atoms with van der Waals surface area (Å²) in [6.45, 7) is 17.6. The van der Waals surface area contributed by atoms with Gasteiger partial charge in [0.25, 0.3) is 0 Å². The second-order valence-corrected chi connectivity index (χ2v) is 6.35. The smallest absolute Gasteiger partial charge is 0.0589 e. The normalized spacial score (nSPS) is 14.5. The van der Waals surface area contributed by atoms with Crippen LogP contribution in [0.15, 0.2) is 0 Å². The van der Waals surface area contributed by atoms with Gasteiger partial charge in [-0.05, 0) is 33.1 Å². The second-order valence-electron chi connectivity index (χ2n) is 6.35. The van der Waals surface area contributed by atoms with Crippen molar-refractivity contribution < 1.29 is 4.74 Å². The van der Waals surface area contributed by atoms with Crippen LogP contribution in [0.3, 0.4) is 0 Å². The van der Waals surface area contributed by atoms with E-state index in [2.05, 4.69) is 51.8 Å². The van der Waals surface area contributed by atoms with Crippen molar-refractivity contribution in [3.05, 3.63) is 0 Å². The molecular formula is C15H34N2O. The van der Waals surface area contributed by atoms with Gasteiger partial charge in [-0.2, -0.15) is 0 Å². The Morgan fingerprint density at radius 2 is 1.83 bits per heavy atom. The van der Waals surface area contributed by atoms with Gasteiger partial charge < -0.3 is 10.1 Å². The topological polar surface area (TPSA) is 24.5 Å². The summed E-state index contributed by atoms with van der Waals surface area (Å²) in [5.41, 5.74) is 0.235. The summed E-state index contributed by atoms with van der Waals surface area (Å²) >= 11 is 0. The third-order valence-electron chi connectivity index (χ3n) is 3.57. The lowest BCUT2D eigenvalue weighted by molar-refractivity contribution is 0.111. The third kappa shape index (κ3) is 8.06. The van der Waals surface area contributed by atoms with Gasteiger partial charge in [-0.3, -0.25) is 4.90 Å². The number of methoxy groups -OCH3 is 1. The molecular weight excluding hydrogens is 224 g/mol. The predicted octanol–water partition coefficient (Wildman–Crippen LogP) is 2.76. The van der Waals surface area contributed by atoms with Crippen LogP contribution in [0.1, 0.15) is 48.0 Å². The second kappa shape index (κ2) is 8.89. The van der Waals surface area contributed by atoms with Crippen molar-refractivity contribution in [1.29, 1.82) is 0 Å². The van der Waals surface area contributed by atoms with Crippen LogP contribution >= 0.6 is 0 Å². The highest BCUT2D eigenvalue weighted by molar-refractivity contribution is 4.79. The van der Waals surface area contributed by atoms with Gasteiger partial charge >= 0.3 is 0 Å². The van der Waals surface area contributed by atoms with Gasteiger partial charge in [0, 0.05) is 38.3 Å². The Bertz CT molecular complexity index is 205. The van der Waals surface area contributed by atoms with Crippen LogP contribution in [-0.4, -0.2) is 49.8 Å². The maximum absolute atomic E-state index is 5.21. The van der Waals surface area contributed by atoms with E-state index in [1.54, 1.807) is 7.11 Å². The van der Waals surface area contributed by atoms with E-state index in [0.29, 0.717) is 12.0 Å². The molecule has 0 aromatic carbocycles. The molecule has 0 heterocycles. The highest BCUT2D eigenvalue weighted by Gasteiger charge is 2.19. The van der Waals surface area contributed by atoms with Crippen molar-refractivity contribution >= 4 is 0 Å². The Labute approximate surface area is 114 Å². The summed E-state index contributed by atoms with van der Waals surface area (Å²) in [6.07, 6.45) is 1.15. The zero-order chi connectivity index (χ0) is 14.2. The van der Waals surface area contributed by atoms with E-state index in [1.165, 1.54) is 0 Å². The fraction of sp³-hybridized carbons (Fsp3) is 1.00. The molecule has 0 fully saturated rings. The van der Waals surface area contributed by atoms with E-state index in [-0.39, 0.29) is 5.54 Å². The minimum absolute atomic E-state index is 0.235. The lowest BCUT2D eigenvalue weighted by Crippen LogP contribution is -2.49. The molecule has 0 saturated carbocycles. The quantitative estimate of drug-likeness (QED) is 0.652. The van der Waals surface area contributed by atoms with Crippen LogP contribution in [0.4, 0.5) is 0 Å². The third-order valence-corrected chi connectivity index (χ3v) is 3.57. The summed E-state index contributed by atoms with van der Waals surface area (Å²) in [5, 5.41) is 3.66. The predicted molar refractivity (Wildman–Crippen MR) is 80.1 cm³/mol. The molecule has 0 rings (SSSR count). The molecule has 3 heteroatoms. The van der Waals surface area contributed by atoms with Gasteiger partial charge in [0.05, 0.1) is 6.61 Å². The first-order chi connectivity index (χ1) is 8.32. The SMILES string of the molecule is CCC(C)(C)NCC(C)N(CCOC)CC(C)C. The molecule has 0 bridgehead atoms. The van der Waals surface area contributed by atoms with Gasteiger partial charge in [0.15, 0.2) is 0 Å². The Hall–Kier alpha value is -0.120. The number of nitrogens with zero attached hydrogens (tertiary/aromatic N) is 1. The molecule has 0 amide bonds. The fourth-order valence-corrected chi connectivity index (χ4v) is 1.85. The molecule has 0 aromatic rings. The van der Waals surface area contributed by atoms with E-state index < -0.39 is 0 Å². The largest absolute Gasteiger partial charge is 0.383 e. The van der Waals surface area contributed by atoms with E-state index in [1.807, 2.05) is 0 Å². The Morgan fingerprint density at radius 1 is 1.22 bits per heavy atom. The standard InChI is InChI=1S/C15H34N2O/c1-8-15(5,6)16-11-14(4)17(9-10-18-7)12-13(2)3/h13-14,16H,8-12H2,1-7H3. The molecule has 0 aliphatic heterocycles. The summed E-state index contributed by atoms with van der Waals surface area (Å²) < 4.78 is 5.21. The van der Waals surface area contributed by atoms with Gasteiger partial charge in [-0.25, -0.2) is 0 Å². The minimum atomic E-state index is 0.235. The van der Waals surface area contributed by atoms with Crippen LogP contribution in [0.5, 0.6) is 0 Å². The van der Waals surface area contributed by atoms with Crippen LogP contribution in [0.25, 0.3) is 0 Å². The molecule has 0 aliphatic rings. The first kappa shape index (κ1) is 17.9. The van der Waals surface area contributed by atoms with Crippen LogP contribution < -0.4 is 5.32 Å². The summed E-state index contributed by atoms with van der Waals surface area (Å²) in [7, 11) is 1.77. The Morgan fingerprint density at radius 3 is 2.28 bits per heavy atom. The van der Waals surface area contributed by atoms with Crippen LogP contribution in [0, 0.1) is 5.92 Å². The summed E-state index contributed by atoms with van der Waals surface area (Å²) in [6, 6.07) is 0.549. The zero-order valence-corrected chi connectivity index (χ0v) is 13.5. The number of ether oxygens (including phenoxy) is 1. The van der Waals surface area contributed by atoms with Crippen molar-refractivity contribution in [2.75, 3.05) is 33.4 Å². The first-order valence-electron chi connectivity index (χ1n) is 7.30. The zero-order valence-electron chi connectivity index (χ0n) is 13.5.